The molecular weight excluding hydrogens is 346 g/mol. The zero-order chi connectivity index (χ0) is 19.1. The number of pyridine rings is 1. The van der Waals surface area contributed by atoms with E-state index in [-0.39, 0.29) is 5.69 Å². The molecule has 0 N–H and O–H groups in total. The minimum Gasteiger partial charge on any atom is -0.465 e. The second-order valence-corrected chi connectivity index (χ2v) is 6.11. The summed E-state index contributed by atoms with van der Waals surface area (Å²) in [6, 6.07) is 15.6. The largest absolute Gasteiger partial charge is 0.465 e. The lowest BCUT2D eigenvalue weighted by atomic mass is 10.1. The lowest BCUT2D eigenvalue weighted by Gasteiger charge is -2.19. The standard InChI is InChI=1S/C20H15N3O4/c1-12-16(20(24)27-2)11-18-19(15-5-3-4-6-17(15)21-18)22(12)13-7-9-14(10-8-13)23(25)26/h3-11H,1-2H3. The van der Waals surface area contributed by atoms with Gasteiger partial charge in [0.2, 0.25) is 0 Å². The summed E-state index contributed by atoms with van der Waals surface area (Å²) in [5.41, 5.74) is 4.07. The SMILES string of the molecule is COC(=O)c1cc2nc3ccccc3c-2n(-c2ccc([N+](=O)[O-])cc2)c1C. The highest BCUT2D eigenvalue weighted by atomic mass is 16.6. The van der Waals surface area contributed by atoms with E-state index in [9.17, 15) is 14.9 Å². The second kappa shape index (κ2) is 6.21. The minimum atomic E-state index is -0.461. The predicted molar refractivity (Wildman–Crippen MR) is 100 cm³/mol. The number of nitrogens with zero attached hydrogens (tertiary/aromatic N) is 3. The van der Waals surface area contributed by atoms with Crippen LogP contribution in [0.25, 0.3) is 28.0 Å². The number of ether oxygens (including phenoxy) is 1. The van der Waals surface area contributed by atoms with E-state index < -0.39 is 10.9 Å². The van der Waals surface area contributed by atoms with Crippen molar-refractivity contribution >= 4 is 22.6 Å². The summed E-state index contributed by atoms with van der Waals surface area (Å²) in [6.07, 6.45) is 0. The van der Waals surface area contributed by atoms with E-state index in [0.717, 1.165) is 16.6 Å². The van der Waals surface area contributed by atoms with E-state index in [0.29, 0.717) is 22.6 Å². The maximum absolute atomic E-state index is 12.3. The van der Waals surface area contributed by atoms with E-state index in [1.807, 2.05) is 35.8 Å². The summed E-state index contributed by atoms with van der Waals surface area (Å²) in [5.74, 6) is -0.461. The first kappa shape index (κ1) is 16.7. The van der Waals surface area contributed by atoms with E-state index in [2.05, 4.69) is 4.98 Å². The lowest BCUT2D eigenvalue weighted by Crippen LogP contribution is -2.13. The van der Waals surface area contributed by atoms with Gasteiger partial charge in [0.15, 0.2) is 0 Å². The molecule has 0 atom stereocenters. The van der Waals surface area contributed by atoms with Crippen LogP contribution in [0.5, 0.6) is 0 Å². The number of nitro benzene ring substituents is 1. The Labute approximate surface area is 154 Å². The van der Waals surface area contributed by atoms with E-state index >= 15 is 0 Å². The average molecular weight is 361 g/mol. The van der Waals surface area contributed by atoms with Gasteiger partial charge >= 0.3 is 5.97 Å². The monoisotopic (exact) mass is 361 g/mol. The summed E-state index contributed by atoms with van der Waals surface area (Å²) in [4.78, 5) is 27.4. The molecule has 0 unspecified atom stereocenters. The van der Waals surface area contributed by atoms with E-state index in [4.69, 9.17) is 4.74 Å². The molecule has 27 heavy (non-hydrogen) atoms. The Morgan fingerprint density at radius 2 is 1.85 bits per heavy atom. The normalized spacial score (nSPS) is 11.0. The van der Waals surface area contributed by atoms with Crippen LogP contribution in [0.15, 0.2) is 54.6 Å². The second-order valence-electron chi connectivity index (χ2n) is 6.11. The number of fused-ring (bicyclic) bond motifs is 3. The first-order chi connectivity index (χ1) is 13.0. The van der Waals surface area contributed by atoms with Gasteiger partial charge in [0, 0.05) is 28.9 Å². The molecule has 2 aliphatic rings. The van der Waals surface area contributed by atoms with Gasteiger partial charge in [0.05, 0.1) is 34.5 Å². The van der Waals surface area contributed by atoms with Crippen molar-refractivity contribution in [2.75, 3.05) is 7.11 Å². The van der Waals surface area contributed by atoms with Gasteiger partial charge in [-0.15, -0.1) is 0 Å². The highest BCUT2D eigenvalue weighted by molar-refractivity contribution is 6.00. The number of esters is 1. The number of non-ortho nitro benzene ring substituents is 1. The van der Waals surface area contributed by atoms with Crippen LogP contribution in [0.3, 0.4) is 0 Å². The van der Waals surface area contributed by atoms with Crippen LogP contribution in [0, 0.1) is 17.0 Å². The van der Waals surface area contributed by atoms with Gasteiger partial charge in [0.25, 0.3) is 5.69 Å². The topological polar surface area (TPSA) is 87.3 Å². The molecule has 2 aromatic rings. The number of aromatic nitrogens is 2. The molecule has 0 aliphatic carbocycles. The first-order valence-corrected chi connectivity index (χ1v) is 8.25. The molecule has 0 saturated carbocycles. The summed E-state index contributed by atoms with van der Waals surface area (Å²) in [6.45, 7) is 1.81. The summed E-state index contributed by atoms with van der Waals surface area (Å²) < 4.78 is 6.80. The number of para-hydroxylation sites is 1. The van der Waals surface area contributed by atoms with Crippen molar-refractivity contribution < 1.29 is 14.5 Å². The van der Waals surface area contributed by atoms with Gasteiger partial charge in [-0.1, -0.05) is 18.2 Å². The number of carbonyl (C=O) groups is 1. The van der Waals surface area contributed by atoms with Gasteiger partial charge in [-0.2, -0.15) is 0 Å². The fraction of sp³-hybridized carbons (Fsp3) is 0.100. The highest BCUT2D eigenvalue weighted by Crippen LogP contribution is 2.36. The van der Waals surface area contributed by atoms with Crippen molar-refractivity contribution in [2.45, 2.75) is 6.92 Å². The Bertz CT molecular complexity index is 1160. The van der Waals surface area contributed by atoms with E-state index in [1.165, 1.54) is 19.2 Å². The average Bonchev–Trinajstić information content (AvgIpc) is 3.05. The minimum absolute atomic E-state index is 0.00265. The van der Waals surface area contributed by atoms with Crippen molar-refractivity contribution in [3.05, 3.63) is 76.0 Å². The van der Waals surface area contributed by atoms with E-state index in [1.54, 1.807) is 18.2 Å². The first-order valence-electron chi connectivity index (χ1n) is 8.25. The number of hydrogen-bond acceptors (Lipinski definition) is 5. The summed E-state index contributed by atoms with van der Waals surface area (Å²) in [5, 5.41) is 11.9. The van der Waals surface area contributed by atoms with Gasteiger partial charge in [-0.3, -0.25) is 10.1 Å². The van der Waals surface area contributed by atoms with Crippen LogP contribution in [0.1, 0.15) is 16.1 Å². The molecule has 0 saturated heterocycles. The number of methoxy groups -OCH3 is 1. The Morgan fingerprint density at radius 3 is 2.52 bits per heavy atom. The lowest BCUT2D eigenvalue weighted by molar-refractivity contribution is -0.384. The fourth-order valence-electron chi connectivity index (χ4n) is 3.32. The number of benzene rings is 2. The quantitative estimate of drug-likeness (QED) is 0.311. The molecule has 4 rings (SSSR count). The van der Waals surface area contributed by atoms with Crippen molar-refractivity contribution in [1.29, 1.82) is 0 Å². The molecule has 7 nitrogen and oxygen atoms in total. The Hall–Kier alpha value is -3.74. The van der Waals surface area contributed by atoms with Gasteiger partial charge in [-0.05, 0) is 31.2 Å². The van der Waals surface area contributed by atoms with Crippen LogP contribution in [0.2, 0.25) is 0 Å². The molecule has 0 radical (unpaired) electrons. The zero-order valence-corrected chi connectivity index (χ0v) is 14.7. The Morgan fingerprint density at radius 1 is 1.15 bits per heavy atom. The van der Waals surface area contributed by atoms with Crippen LogP contribution in [-0.4, -0.2) is 27.6 Å². The fourth-order valence-corrected chi connectivity index (χ4v) is 3.32. The smallest absolute Gasteiger partial charge is 0.339 e. The third-order valence-electron chi connectivity index (χ3n) is 4.60. The molecule has 2 aliphatic heterocycles. The van der Waals surface area contributed by atoms with Gasteiger partial charge < -0.3 is 9.30 Å². The molecule has 0 spiro atoms. The molecule has 0 bridgehead atoms. The third kappa shape index (κ3) is 2.60. The van der Waals surface area contributed by atoms with Crippen molar-refractivity contribution in [1.82, 2.24) is 9.55 Å². The molecule has 0 fully saturated rings. The molecule has 2 heterocycles. The summed E-state index contributed by atoms with van der Waals surface area (Å²) >= 11 is 0. The van der Waals surface area contributed by atoms with Crippen LogP contribution >= 0.6 is 0 Å². The van der Waals surface area contributed by atoms with Crippen molar-refractivity contribution in [3.8, 4) is 17.1 Å². The number of carbonyl (C=O) groups excluding carboxylic acids is 1. The van der Waals surface area contributed by atoms with Crippen LogP contribution in [-0.2, 0) is 4.74 Å². The molecule has 2 aromatic carbocycles. The maximum atomic E-state index is 12.3. The predicted octanol–water partition coefficient (Wildman–Crippen LogP) is 4.13. The highest BCUT2D eigenvalue weighted by Gasteiger charge is 2.23. The zero-order valence-electron chi connectivity index (χ0n) is 14.7. The number of nitro groups is 1. The van der Waals surface area contributed by atoms with Gasteiger partial charge in [-0.25, -0.2) is 9.78 Å². The third-order valence-corrected chi connectivity index (χ3v) is 4.60. The molecule has 0 aromatic heterocycles. The van der Waals surface area contributed by atoms with Crippen LogP contribution in [0.4, 0.5) is 5.69 Å². The molecular formula is C20H15N3O4. The number of rotatable bonds is 3. The van der Waals surface area contributed by atoms with Crippen molar-refractivity contribution in [2.24, 2.45) is 0 Å². The Kier molecular flexibility index (Phi) is 3.84. The molecule has 134 valence electrons. The molecule has 7 heteroatoms. The Balaban J connectivity index is 2.08. The maximum Gasteiger partial charge on any atom is 0.339 e. The number of hydrogen-bond donors (Lipinski definition) is 0. The summed E-state index contributed by atoms with van der Waals surface area (Å²) in [7, 11) is 1.33. The molecule has 0 amide bonds. The van der Waals surface area contributed by atoms with Crippen LogP contribution < -0.4 is 0 Å². The van der Waals surface area contributed by atoms with Gasteiger partial charge in [0.1, 0.15) is 0 Å². The van der Waals surface area contributed by atoms with Crippen molar-refractivity contribution in [3.63, 3.8) is 0 Å².